The molecule has 2 unspecified atom stereocenters. The normalized spacial score (nSPS) is 26.8. The molecule has 2 atom stereocenters. The number of para-hydroxylation sites is 1. The van der Waals surface area contributed by atoms with Gasteiger partial charge in [-0.1, -0.05) is 37.3 Å². The Labute approximate surface area is 381 Å². The van der Waals surface area contributed by atoms with E-state index in [-0.39, 0.29) is 57.8 Å². The lowest BCUT2D eigenvalue weighted by Crippen LogP contribution is -3.10. The molecule has 61 heavy (non-hydrogen) atoms. The van der Waals surface area contributed by atoms with Gasteiger partial charge in [0.15, 0.2) is 16.8 Å². The molecule has 4 aromatic heterocycles. The molecule has 5 fully saturated rings. The molecule has 0 spiro atoms. The summed E-state index contributed by atoms with van der Waals surface area (Å²) in [5.41, 5.74) is 6.98. The lowest BCUT2D eigenvalue weighted by Gasteiger charge is -2.69. The van der Waals surface area contributed by atoms with Gasteiger partial charge in [-0.15, -0.1) is 10.2 Å². The van der Waals surface area contributed by atoms with Crippen molar-refractivity contribution < 1.29 is 38.4 Å². The Balaban J connectivity index is 0.00000476. The van der Waals surface area contributed by atoms with Gasteiger partial charge in [0.1, 0.15) is 18.1 Å². The number of pyridine rings is 1. The minimum absolute atomic E-state index is 0. The van der Waals surface area contributed by atoms with E-state index in [1.165, 1.54) is 58.0 Å². The molecule has 12 nitrogen and oxygen atoms in total. The number of ether oxygens (including phenoxy) is 1. The van der Waals surface area contributed by atoms with Crippen molar-refractivity contribution in [3.63, 3.8) is 0 Å². The third-order valence-corrected chi connectivity index (χ3v) is 15.4. The third-order valence-electron chi connectivity index (χ3n) is 14.4. The average molecular weight is 957 g/mol. The lowest BCUT2D eigenvalue weighted by atomic mass is 9.39. The van der Waals surface area contributed by atoms with Gasteiger partial charge in [0.05, 0.1) is 41.7 Å². The van der Waals surface area contributed by atoms with Crippen LogP contribution in [0, 0.1) is 30.1 Å². The number of halogens is 1. The predicted molar refractivity (Wildman–Crippen MR) is 238 cm³/mol. The minimum Gasteiger partial charge on any atom is -1.00 e. The number of amides is 1. The standard InChI is InChI=1S/C47H60N10O2S.HI/c1-30(2)49-42(58)39-34(15-16-38(51-39)56-19-11-12-33-31(3)40(53-54-41(33)56)52-43-50-36-13-7-8-14-37(36)60-43)35-22-48-57(32(35)4)29-46-24-44(5)23-45(6,25-46)27-47(26-44,28-46)59-21-20-55-17-9-10-18-55;/h7-8,13-16,22,30H,9-12,17-21,23-29H2,1-6H3,(H,49,58)(H,50,52,53);1H. The van der Waals surface area contributed by atoms with Gasteiger partial charge < -0.3 is 49.1 Å². The van der Waals surface area contributed by atoms with E-state index < -0.39 is 0 Å². The molecular weight excluding hydrogens is 896 g/mol. The summed E-state index contributed by atoms with van der Waals surface area (Å²) in [5, 5.41) is 21.9. The van der Waals surface area contributed by atoms with Crippen LogP contribution in [0.1, 0.15) is 113 Å². The van der Waals surface area contributed by atoms with Crippen LogP contribution in [0.4, 0.5) is 22.6 Å². The quantitative estimate of drug-likeness (QED) is 0.152. The molecule has 3 N–H and O–H groups in total. The van der Waals surface area contributed by atoms with Crippen LogP contribution in [0.15, 0.2) is 42.6 Å². The van der Waals surface area contributed by atoms with Crippen molar-refractivity contribution in [1.82, 2.24) is 35.3 Å². The largest absolute Gasteiger partial charge is 1.00 e. The molecule has 4 saturated carbocycles. The molecule has 1 amide bonds. The van der Waals surface area contributed by atoms with Gasteiger partial charge in [-0.25, -0.2) is 9.97 Å². The van der Waals surface area contributed by atoms with E-state index in [0.717, 1.165) is 94.6 Å². The first-order valence-corrected chi connectivity index (χ1v) is 23.2. The Bertz CT molecular complexity index is 2410. The third kappa shape index (κ3) is 8.07. The summed E-state index contributed by atoms with van der Waals surface area (Å²) >= 11 is 1.61. The van der Waals surface area contributed by atoms with Crippen LogP contribution >= 0.6 is 11.3 Å². The van der Waals surface area contributed by atoms with Crippen molar-refractivity contribution >= 4 is 50.0 Å². The molecule has 6 heterocycles. The molecule has 1 aromatic carbocycles. The Morgan fingerprint density at radius 2 is 1.70 bits per heavy atom. The fraction of sp³-hybridized carbons (Fsp3) is 0.574. The van der Waals surface area contributed by atoms with E-state index in [1.54, 1.807) is 16.2 Å². The van der Waals surface area contributed by atoms with Crippen molar-refractivity contribution in [2.45, 2.75) is 124 Å². The van der Waals surface area contributed by atoms with Crippen molar-refractivity contribution in [3.8, 4) is 11.1 Å². The van der Waals surface area contributed by atoms with Crippen molar-refractivity contribution in [2.75, 3.05) is 43.0 Å². The molecule has 6 aliphatic rings. The maximum Gasteiger partial charge on any atom is 0.270 e. The van der Waals surface area contributed by atoms with Gasteiger partial charge in [0.2, 0.25) is 0 Å². The first kappa shape index (κ1) is 42.6. The maximum absolute atomic E-state index is 14.1. The molecule has 5 aromatic rings. The highest BCUT2D eigenvalue weighted by molar-refractivity contribution is 7.22. The number of fused-ring (bicyclic) bond motifs is 2. The molecular formula is C47H61IN10O2S. The van der Waals surface area contributed by atoms with Gasteiger partial charge in [0, 0.05) is 59.9 Å². The minimum atomic E-state index is -0.194. The summed E-state index contributed by atoms with van der Waals surface area (Å²) in [6.07, 6.45) is 13.6. The van der Waals surface area contributed by atoms with Crippen LogP contribution < -0.4 is 44.4 Å². The Morgan fingerprint density at radius 3 is 2.46 bits per heavy atom. The zero-order chi connectivity index (χ0) is 41.4. The number of carbonyl (C=O) groups is 1. The highest BCUT2D eigenvalue weighted by Gasteiger charge is 2.66. The predicted octanol–water partition coefficient (Wildman–Crippen LogP) is 4.75. The highest BCUT2D eigenvalue weighted by atomic mass is 127. The number of nitrogens with zero attached hydrogens (tertiary/aromatic N) is 7. The smallest absolute Gasteiger partial charge is 0.270 e. The number of likely N-dealkylation sites (tertiary alicyclic amines) is 1. The van der Waals surface area contributed by atoms with Crippen LogP contribution in [0.2, 0.25) is 0 Å². The van der Waals surface area contributed by atoms with E-state index in [2.05, 4.69) is 65.1 Å². The topological polar surface area (TPSA) is 127 Å². The van der Waals surface area contributed by atoms with E-state index in [9.17, 15) is 4.79 Å². The van der Waals surface area contributed by atoms with E-state index in [4.69, 9.17) is 24.9 Å². The SMILES string of the molecule is Cc1c(Nc2nc3ccccc3s2)nnc2c1CCCN2c1ccc(-c2cnn(CC34CC5(C)CC(C)(C3)CC(OCC[NH+]3CCCC3)(C5)C4)c2C)c(C(=O)NC(C)C)n1.[I-]. The molecule has 324 valence electrons. The number of anilines is 4. The summed E-state index contributed by atoms with van der Waals surface area (Å²) in [6.45, 7) is 19.5. The number of thiazole rings is 1. The molecule has 4 bridgehead atoms. The van der Waals surface area contributed by atoms with E-state index in [0.29, 0.717) is 17.3 Å². The van der Waals surface area contributed by atoms with Crippen molar-refractivity contribution in [2.24, 2.45) is 16.2 Å². The summed E-state index contributed by atoms with van der Waals surface area (Å²) in [5.74, 6) is 1.98. The number of aromatic nitrogens is 6. The van der Waals surface area contributed by atoms with Crippen LogP contribution in [0.25, 0.3) is 21.3 Å². The zero-order valence-corrected chi connectivity index (χ0v) is 39.6. The Kier molecular flexibility index (Phi) is 11.2. The van der Waals surface area contributed by atoms with E-state index in [1.807, 2.05) is 44.3 Å². The van der Waals surface area contributed by atoms with Gasteiger partial charge in [0.25, 0.3) is 5.91 Å². The maximum atomic E-state index is 14.1. The second-order valence-electron chi connectivity index (χ2n) is 20.3. The zero-order valence-electron chi connectivity index (χ0n) is 36.7. The fourth-order valence-corrected chi connectivity index (χ4v) is 14.0. The first-order valence-electron chi connectivity index (χ1n) is 22.4. The number of quaternary nitrogens is 1. The number of rotatable bonds is 12. The molecule has 14 heteroatoms. The van der Waals surface area contributed by atoms with Gasteiger partial charge >= 0.3 is 0 Å². The highest BCUT2D eigenvalue weighted by Crippen LogP contribution is 2.72. The van der Waals surface area contributed by atoms with Gasteiger partial charge in [-0.05, 0) is 120 Å². The van der Waals surface area contributed by atoms with Crippen LogP contribution in [0.3, 0.4) is 0 Å². The summed E-state index contributed by atoms with van der Waals surface area (Å²) in [7, 11) is 0. The first-order chi connectivity index (χ1) is 28.8. The number of hydrogen-bond acceptors (Lipinski definition) is 10. The van der Waals surface area contributed by atoms with Crippen molar-refractivity contribution in [1.29, 1.82) is 0 Å². The van der Waals surface area contributed by atoms with Crippen molar-refractivity contribution in [3.05, 3.63) is 65.1 Å². The Morgan fingerprint density at radius 1 is 0.934 bits per heavy atom. The fourth-order valence-electron chi connectivity index (χ4n) is 13.1. The van der Waals surface area contributed by atoms with Crippen LogP contribution in [0.5, 0.6) is 0 Å². The van der Waals surface area contributed by atoms with Gasteiger partial charge in [-0.2, -0.15) is 5.10 Å². The summed E-state index contributed by atoms with van der Waals surface area (Å²) < 4.78 is 10.4. The van der Waals surface area contributed by atoms with Crippen LogP contribution in [-0.4, -0.2) is 80.3 Å². The van der Waals surface area contributed by atoms with Gasteiger partial charge in [-0.3, -0.25) is 9.48 Å². The molecule has 0 radical (unpaired) electrons. The number of benzene rings is 1. The summed E-state index contributed by atoms with van der Waals surface area (Å²) in [6, 6.07) is 12.2. The second kappa shape index (κ2) is 16.1. The number of nitrogens with one attached hydrogen (secondary N) is 3. The number of carbonyl (C=O) groups excluding carboxylic acids is 1. The molecule has 4 aliphatic carbocycles. The second-order valence-corrected chi connectivity index (χ2v) is 21.3. The average Bonchev–Trinajstić information content (AvgIpc) is 3.94. The molecule has 1 saturated heterocycles. The van der Waals surface area contributed by atoms with Crippen LogP contribution in [-0.2, 0) is 17.7 Å². The monoisotopic (exact) mass is 956 g/mol. The Hall–Kier alpha value is -3.73. The number of hydrogen-bond donors (Lipinski definition) is 3. The van der Waals surface area contributed by atoms with E-state index >= 15 is 0 Å². The lowest BCUT2D eigenvalue weighted by molar-refractivity contribution is -0.888. The molecule has 2 aliphatic heterocycles. The molecule has 11 rings (SSSR count). The summed E-state index contributed by atoms with van der Waals surface area (Å²) in [4.78, 5) is 27.8.